The van der Waals surface area contributed by atoms with Crippen LogP contribution in [0.15, 0.2) is 53.4 Å². The largest absolute Gasteiger partial charge is 0.462 e. The quantitative estimate of drug-likeness (QED) is 0.710. The summed E-state index contributed by atoms with van der Waals surface area (Å²) in [5, 5.41) is 2.84. The van der Waals surface area contributed by atoms with E-state index >= 15 is 0 Å². The van der Waals surface area contributed by atoms with Gasteiger partial charge < -0.3 is 10.1 Å². The molecule has 1 amide bonds. The number of nitrogens with one attached hydrogen (secondary N) is 2. The highest BCUT2D eigenvalue weighted by Crippen LogP contribution is 2.22. The third kappa shape index (κ3) is 4.65. The van der Waals surface area contributed by atoms with Gasteiger partial charge in [-0.15, -0.1) is 0 Å². The van der Waals surface area contributed by atoms with Crippen molar-refractivity contribution in [1.82, 2.24) is 5.32 Å². The average molecular weight is 388 g/mol. The Hall–Kier alpha value is -2.87. The molecule has 2 N–H and O–H groups in total. The third-order valence-corrected chi connectivity index (χ3v) is 5.39. The van der Waals surface area contributed by atoms with E-state index < -0.39 is 16.0 Å². The summed E-state index contributed by atoms with van der Waals surface area (Å²) in [6.45, 7) is 1.86. The van der Waals surface area contributed by atoms with Crippen LogP contribution < -0.4 is 10.0 Å². The summed E-state index contributed by atoms with van der Waals surface area (Å²) < 4.78 is 32.6. The van der Waals surface area contributed by atoms with Crippen LogP contribution in [0.1, 0.15) is 40.5 Å². The van der Waals surface area contributed by atoms with Crippen molar-refractivity contribution >= 4 is 27.6 Å². The van der Waals surface area contributed by atoms with Crippen molar-refractivity contribution in [3.63, 3.8) is 0 Å². The van der Waals surface area contributed by atoms with Crippen molar-refractivity contribution in [3.05, 3.63) is 59.7 Å². The van der Waals surface area contributed by atoms with Gasteiger partial charge in [-0.1, -0.05) is 12.1 Å². The first-order valence-electron chi connectivity index (χ1n) is 8.60. The maximum atomic E-state index is 12.6. The molecule has 2 aromatic rings. The summed E-state index contributed by atoms with van der Waals surface area (Å²) in [6.07, 6.45) is 1.95. The van der Waals surface area contributed by atoms with Crippen molar-refractivity contribution in [3.8, 4) is 0 Å². The van der Waals surface area contributed by atoms with Gasteiger partial charge in [-0.3, -0.25) is 9.52 Å². The molecule has 2 aromatic carbocycles. The average Bonchev–Trinajstić information content (AvgIpc) is 3.46. The Kier molecular flexibility index (Phi) is 5.46. The second kappa shape index (κ2) is 7.79. The Labute approximate surface area is 157 Å². The predicted octanol–water partition coefficient (Wildman–Crippen LogP) is 2.56. The van der Waals surface area contributed by atoms with Crippen LogP contribution in [0.5, 0.6) is 0 Å². The number of amides is 1. The molecule has 0 aliphatic heterocycles. The van der Waals surface area contributed by atoms with E-state index in [0.717, 1.165) is 12.8 Å². The Morgan fingerprint density at radius 2 is 1.74 bits per heavy atom. The number of hydrogen-bond donors (Lipinski definition) is 2. The van der Waals surface area contributed by atoms with Crippen LogP contribution in [0.3, 0.4) is 0 Å². The zero-order valence-corrected chi connectivity index (χ0v) is 15.6. The van der Waals surface area contributed by atoms with E-state index in [4.69, 9.17) is 4.74 Å². The Morgan fingerprint density at radius 3 is 2.37 bits per heavy atom. The maximum Gasteiger partial charge on any atom is 0.340 e. The summed E-state index contributed by atoms with van der Waals surface area (Å²) in [5.41, 5.74) is 0.655. The topological polar surface area (TPSA) is 102 Å². The zero-order chi connectivity index (χ0) is 19.4. The number of anilines is 1. The lowest BCUT2D eigenvalue weighted by Crippen LogP contribution is -2.25. The van der Waals surface area contributed by atoms with E-state index in [-0.39, 0.29) is 34.7 Å². The van der Waals surface area contributed by atoms with Gasteiger partial charge in [0, 0.05) is 11.6 Å². The number of rotatable bonds is 7. The number of carbonyl (C=O) groups is 2. The van der Waals surface area contributed by atoms with Crippen LogP contribution in [0.4, 0.5) is 5.69 Å². The molecule has 3 rings (SSSR count). The first-order valence-corrected chi connectivity index (χ1v) is 10.1. The number of benzene rings is 2. The highest BCUT2D eigenvalue weighted by atomic mass is 32.2. The van der Waals surface area contributed by atoms with Crippen LogP contribution >= 0.6 is 0 Å². The van der Waals surface area contributed by atoms with Gasteiger partial charge in [-0.25, -0.2) is 13.2 Å². The molecular weight excluding hydrogens is 368 g/mol. The van der Waals surface area contributed by atoms with Gasteiger partial charge in [0.1, 0.15) is 0 Å². The fraction of sp³-hybridized carbons (Fsp3) is 0.263. The highest BCUT2D eigenvalue weighted by molar-refractivity contribution is 7.92. The molecule has 0 atom stereocenters. The van der Waals surface area contributed by atoms with Crippen molar-refractivity contribution in [2.24, 2.45) is 0 Å². The van der Waals surface area contributed by atoms with E-state index in [1.807, 2.05) is 0 Å². The van der Waals surface area contributed by atoms with E-state index in [1.165, 1.54) is 36.4 Å². The molecule has 8 heteroatoms. The molecule has 0 unspecified atom stereocenters. The third-order valence-electron chi connectivity index (χ3n) is 4.01. The second-order valence-corrected chi connectivity index (χ2v) is 7.83. The van der Waals surface area contributed by atoms with Crippen LogP contribution in [-0.2, 0) is 14.8 Å². The van der Waals surface area contributed by atoms with Crippen molar-refractivity contribution in [2.45, 2.75) is 30.7 Å². The molecule has 0 radical (unpaired) electrons. The smallest absolute Gasteiger partial charge is 0.340 e. The Bertz CT molecular complexity index is 950. The summed E-state index contributed by atoms with van der Waals surface area (Å²) >= 11 is 0. The molecule has 0 saturated heterocycles. The predicted molar refractivity (Wildman–Crippen MR) is 100 cm³/mol. The summed E-state index contributed by atoms with van der Waals surface area (Å²) in [5.74, 6) is -0.829. The summed E-state index contributed by atoms with van der Waals surface area (Å²) in [6, 6.07) is 12.1. The number of sulfonamides is 1. The summed E-state index contributed by atoms with van der Waals surface area (Å²) in [7, 11) is -3.93. The lowest BCUT2D eigenvalue weighted by molar-refractivity contribution is 0.0527. The fourth-order valence-electron chi connectivity index (χ4n) is 2.44. The normalized spacial score (nSPS) is 13.7. The van der Waals surface area contributed by atoms with Gasteiger partial charge in [-0.05, 0) is 56.2 Å². The molecule has 1 fully saturated rings. The van der Waals surface area contributed by atoms with E-state index in [9.17, 15) is 18.0 Å². The number of carbonyl (C=O) groups excluding carboxylic acids is 2. The fourth-order valence-corrected chi connectivity index (χ4v) is 3.52. The molecule has 0 aromatic heterocycles. The van der Waals surface area contributed by atoms with Gasteiger partial charge >= 0.3 is 5.97 Å². The van der Waals surface area contributed by atoms with Crippen LogP contribution in [-0.4, -0.2) is 32.9 Å². The lowest BCUT2D eigenvalue weighted by atomic mass is 10.2. The van der Waals surface area contributed by atoms with E-state index in [0.29, 0.717) is 5.56 Å². The Morgan fingerprint density at radius 1 is 1.07 bits per heavy atom. The first kappa shape index (κ1) is 18.9. The van der Waals surface area contributed by atoms with Crippen LogP contribution in [0.2, 0.25) is 0 Å². The maximum absolute atomic E-state index is 12.6. The van der Waals surface area contributed by atoms with Crippen LogP contribution in [0, 0.1) is 0 Å². The van der Waals surface area contributed by atoms with Crippen molar-refractivity contribution < 1.29 is 22.7 Å². The van der Waals surface area contributed by atoms with Gasteiger partial charge in [-0.2, -0.15) is 0 Å². The molecule has 0 spiro atoms. The molecule has 0 bridgehead atoms. The van der Waals surface area contributed by atoms with E-state index in [1.54, 1.807) is 19.1 Å². The van der Waals surface area contributed by atoms with Gasteiger partial charge in [0.25, 0.3) is 15.9 Å². The molecule has 1 aliphatic carbocycles. The molecule has 1 aliphatic rings. The standard InChI is InChI=1S/C19H20N2O5S/c1-2-26-19(23)16-5-3-4-6-17(16)21-27(24,25)15-11-7-13(8-12-15)18(22)20-14-9-10-14/h3-8,11-12,14,21H,2,9-10H2,1H3,(H,20,22). The molecule has 27 heavy (non-hydrogen) atoms. The lowest BCUT2D eigenvalue weighted by Gasteiger charge is -2.12. The SMILES string of the molecule is CCOC(=O)c1ccccc1NS(=O)(=O)c1ccc(C(=O)NC2CC2)cc1. The van der Waals surface area contributed by atoms with Crippen molar-refractivity contribution in [2.75, 3.05) is 11.3 Å². The molecule has 7 nitrogen and oxygen atoms in total. The number of ether oxygens (including phenoxy) is 1. The number of para-hydroxylation sites is 1. The minimum Gasteiger partial charge on any atom is -0.462 e. The highest BCUT2D eigenvalue weighted by Gasteiger charge is 2.24. The van der Waals surface area contributed by atoms with Crippen molar-refractivity contribution in [1.29, 1.82) is 0 Å². The number of hydrogen-bond acceptors (Lipinski definition) is 5. The number of esters is 1. The molecule has 0 heterocycles. The Balaban J connectivity index is 1.79. The second-order valence-electron chi connectivity index (χ2n) is 6.14. The molecular formula is C19H20N2O5S. The molecule has 142 valence electrons. The van der Waals surface area contributed by atoms with E-state index in [2.05, 4.69) is 10.0 Å². The minimum atomic E-state index is -3.93. The van der Waals surface area contributed by atoms with Gasteiger partial charge in [0.15, 0.2) is 0 Å². The minimum absolute atomic E-state index is 0.0101. The monoisotopic (exact) mass is 388 g/mol. The van der Waals surface area contributed by atoms with Gasteiger partial charge in [0.05, 0.1) is 22.8 Å². The summed E-state index contributed by atoms with van der Waals surface area (Å²) in [4.78, 5) is 24.0. The first-order chi connectivity index (χ1) is 12.9. The zero-order valence-electron chi connectivity index (χ0n) is 14.8. The van der Waals surface area contributed by atoms with Crippen LogP contribution in [0.25, 0.3) is 0 Å². The molecule has 1 saturated carbocycles. The van der Waals surface area contributed by atoms with Gasteiger partial charge in [0.2, 0.25) is 0 Å².